The smallest absolute Gasteiger partial charge is 0.107 e. The molecule has 0 aliphatic heterocycles. The Balaban J connectivity index is 1.61. The average molecular weight is 695 g/mol. The molecule has 6 heteroatoms. The van der Waals surface area contributed by atoms with Gasteiger partial charge < -0.3 is 11.5 Å². The first-order valence-corrected chi connectivity index (χ1v) is 17.4. The van der Waals surface area contributed by atoms with Gasteiger partial charge in [-0.05, 0) is 68.7 Å². The first-order chi connectivity index (χ1) is 20.4. The van der Waals surface area contributed by atoms with Gasteiger partial charge in [-0.15, -0.1) is 0 Å². The fourth-order valence-electron chi connectivity index (χ4n) is 5.51. The highest BCUT2D eigenvalue weighted by Crippen LogP contribution is 2.42. The summed E-state index contributed by atoms with van der Waals surface area (Å²) in [5, 5.41) is 0. The lowest BCUT2D eigenvalue weighted by Crippen LogP contribution is -2.03. The molecule has 0 saturated heterocycles. The molecule has 0 bridgehead atoms. The van der Waals surface area contributed by atoms with Gasteiger partial charge in [-0.2, -0.15) is 0 Å². The quantitative estimate of drug-likeness (QED) is 0.0904. The van der Waals surface area contributed by atoms with Gasteiger partial charge in [0.15, 0.2) is 0 Å². The van der Waals surface area contributed by atoms with Crippen LogP contribution in [0.1, 0.15) is 102 Å². The molecule has 4 rings (SSSR count). The molecule has 4 aromatic rings. The first-order valence-electron chi connectivity index (χ1n) is 15.9. The summed E-state index contributed by atoms with van der Waals surface area (Å²) < 4.78 is 1.35. The highest BCUT2D eigenvalue weighted by atomic mass is 79.9. The molecule has 0 saturated carbocycles. The Morgan fingerprint density at radius 3 is 1.19 bits per heavy atom. The van der Waals surface area contributed by atoms with Crippen LogP contribution in [0.15, 0.2) is 57.5 Å². The number of aromatic nitrogens is 2. The molecule has 1 aromatic heterocycles. The number of benzene rings is 3. The number of hydrogen-bond donors (Lipinski definition) is 2. The summed E-state index contributed by atoms with van der Waals surface area (Å²) in [6, 6.07) is 17.7. The molecule has 1 heterocycles. The van der Waals surface area contributed by atoms with Crippen LogP contribution < -0.4 is 11.5 Å². The van der Waals surface area contributed by atoms with E-state index in [-0.39, 0.29) is 0 Å². The lowest BCUT2D eigenvalue weighted by Gasteiger charge is -2.15. The van der Waals surface area contributed by atoms with Gasteiger partial charge in [0.1, 0.15) is 11.0 Å². The average Bonchev–Trinajstić information content (AvgIpc) is 3.02. The number of halogens is 2. The van der Waals surface area contributed by atoms with E-state index in [9.17, 15) is 0 Å². The van der Waals surface area contributed by atoms with Gasteiger partial charge in [0.2, 0.25) is 0 Å². The van der Waals surface area contributed by atoms with Crippen LogP contribution in [0, 0.1) is 0 Å². The van der Waals surface area contributed by atoms with E-state index in [0.717, 1.165) is 35.4 Å². The molecule has 3 aromatic carbocycles. The fourth-order valence-corrected chi connectivity index (χ4v) is 6.49. The number of nitrogens with two attached hydrogens (primary N) is 2. The first kappa shape index (κ1) is 32.5. The second kappa shape index (κ2) is 16.4. The van der Waals surface area contributed by atoms with Crippen LogP contribution in [0.5, 0.6) is 0 Å². The van der Waals surface area contributed by atoms with E-state index in [4.69, 9.17) is 21.4 Å². The minimum absolute atomic E-state index is 0.468. The molecule has 0 aliphatic carbocycles. The standard InChI is InChI=1S/C36H46Br2N4/c1-3-5-7-9-11-13-15-25-17-21-27(22-18-25)33-34(42-36-30(38)32(40)31(39)29(37)35(36)41-33)28-23-19-26(20-24-28)16-14-12-10-8-6-4-2/h17-24H,3-16,39-40H2,1-2H3. The van der Waals surface area contributed by atoms with Crippen molar-refractivity contribution in [1.82, 2.24) is 9.97 Å². The van der Waals surface area contributed by atoms with Crippen LogP contribution in [-0.4, -0.2) is 9.97 Å². The van der Waals surface area contributed by atoms with Gasteiger partial charge in [0.25, 0.3) is 0 Å². The zero-order chi connectivity index (χ0) is 29.9. The Hall–Kier alpha value is -2.44. The van der Waals surface area contributed by atoms with E-state index in [0.29, 0.717) is 31.4 Å². The largest absolute Gasteiger partial charge is 0.396 e. The number of hydrogen-bond acceptors (Lipinski definition) is 4. The summed E-state index contributed by atoms with van der Waals surface area (Å²) in [6.45, 7) is 4.53. The Kier molecular flexibility index (Phi) is 12.7. The van der Waals surface area contributed by atoms with E-state index in [2.05, 4.69) is 94.2 Å². The number of anilines is 2. The number of aryl methyl sites for hydroxylation is 2. The zero-order valence-electron chi connectivity index (χ0n) is 25.3. The normalized spacial score (nSPS) is 11.4. The van der Waals surface area contributed by atoms with Crippen molar-refractivity contribution < 1.29 is 0 Å². The SMILES string of the molecule is CCCCCCCCc1ccc(-c2nc3c(Br)c(N)c(N)c(Br)c3nc2-c2ccc(CCCCCCCC)cc2)cc1. The highest BCUT2D eigenvalue weighted by Gasteiger charge is 2.20. The third kappa shape index (κ3) is 8.35. The van der Waals surface area contributed by atoms with Crippen molar-refractivity contribution in [3.05, 3.63) is 68.6 Å². The molecular weight excluding hydrogens is 648 g/mol. The van der Waals surface area contributed by atoms with Crippen LogP contribution in [0.25, 0.3) is 33.5 Å². The maximum atomic E-state index is 6.31. The van der Waals surface area contributed by atoms with Gasteiger partial charge in [-0.25, -0.2) is 9.97 Å². The zero-order valence-corrected chi connectivity index (χ0v) is 28.5. The molecule has 42 heavy (non-hydrogen) atoms. The van der Waals surface area contributed by atoms with Gasteiger partial charge in [-0.1, -0.05) is 127 Å². The molecule has 0 spiro atoms. The minimum atomic E-state index is 0.468. The molecular formula is C36H46Br2N4. The number of unbranched alkanes of at least 4 members (excludes halogenated alkanes) is 10. The minimum Gasteiger partial charge on any atom is -0.396 e. The topological polar surface area (TPSA) is 77.8 Å². The Morgan fingerprint density at radius 1 is 0.500 bits per heavy atom. The second-order valence-corrected chi connectivity index (χ2v) is 13.1. The second-order valence-electron chi connectivity index (χ2n) is 11.5. The molecule has 0 unspecified atom stereocenters. The molecule has 224 valence electrons. The van der Waals surface area contributed by atoms with Crippen molar-refractivity contribution in [3.8, 4) is 22.5 Å². The summed E-state index contributed by atoms with van der Waals surface area (Å²) in [5.74, 6) is 0. The number of nitrogen functional groups attached to an aromatic ring is 2. The summed E-state index contributed by atoms with van der Waals surface area (Å²) in [5.41, 5.74) is 21.5. The van der Waals surface area contributed by atoms with Crippen LogP contribution in [0.3, 0.4) is 0 Å². The van der Waals surface area contributed by atoms with Crippen molar-refractivity contribution in [2.24, 2.45) is 0 Å². The number of fused-ring (bicyclic) bond motifs is 1. The van der Waals surface area contributed by atoms with Crippen LogP contribution in [0.2, 0.25) is 0 Å². The van der Waals surface area contributed by atoms with Crippen molar-refractivity contribution in [3.63, 3.8) is 0 Å². The molecule has 0 fully saturated rings. The monoisotopic (exact) mass is 692 g/mol. The Morgan fingerprint density at radius 2 is 0.833 bits per heavy atom. The van der Waals surface area contributed by atoms with E-state index < -0.39 is 0 Å². The maximum absolute atomic E-state index is 6.31. The van der Waals surface area contributed by atoms with Crippen molar-refractivity contribution in [1.29, 1.82) is 0 Å². The molecule has 0 amide bonds. The molecule has 4 nitrogen and oxygen atoms in total. The lowest BCUT2D eigenvalue weighted by molar-refractivity contribution is 0.607. The van der Waals surface area contributed by atoms with E-state index >= 15 is 0 Å². The predicted molar refractivity (Wildman–Crippen MR) is 189 cm³/mol. The van der Waals surface area contributed by atoms with Gasteiger partial charge in [-0.3, -0.25) is 0 Å². The van der Waals surface area contributed by atoms with Crippen molar-refractivity contribution >= 4 is 54.3 Å². The van der Waals surface area contributed by atoms with Crippen molar-refractivity contribution in [2.45, 2.75) is 104 Å². The molecule has 4 N–H and O–H groups in total. The number of nitrogens with zero attached hydrogens (tertiary/aromatic N) is 2. The van der Waals surface area contributed by atoms with E-state index in [1.165, 1.54) is 88.2 Å². The molecule has 0 radical (unpaired) electrons. The number of rotatable bonds is 16. The van der Waals surface area contributed by atoms with Gasteiger partial charge >= 0.3 is 0 Å². The molecule has 0 aliphatic rings. The van der Waals surface area contributed by atoms with Gasteiger partial charge in [0.05, 0.1) is 31.7 Å². The van der Waals surface area contributed by atoms with Crippen molar-refractivity contribution in [2.75, 3.05) is 11.5 Å². The maximum Gasteiger partial charge on any atom is 0.107 e. The Labute approximate surface area is 269 Å². The van der Waals surface area contributed by atoms with Crippen LogP contribution >= 0.6 is 31.9 Å². The third-order valence-corrected chi connectivity index (χ3v) is 9.77. The van der Waals surface area contributed by atoms with E-state index in [1.54, 1.807) is 0 Å². The summed E-state index contributed by atoms with van der Waals surface area (Å²) in [6.07, 6.45) is 17.9. The van der Waals surface area contributed by atoms with Crippen LogP contribution in [0.4, 0.5) is 11.4 Å². The summed E-state index contributed by atoms with van der Waals surface area (Å²) >= 11 is 7.28. The summed E-state index contributed by atoms with van der Waals surface area (Å²) in [4.78, 5) is 10.3. The fraction of sp³-hybridized carbons (Fsp3) is 0.444. The van der Waals surface area contributed by atoms with Gasteiger partial charge in [0, 0.05) is 11.1 Å². The summed E-state index contributed by atoms with van der Waals surface area (Å²) in [7, 11) is 0. The van der Waals surface area contributed by atoms with Crippen LogP contribution in [-0.2, 0) is 12.8 Å². The highest BCUT2D eigenvalue weighted by molar-refractivity contribution is 9.11. The Bertz CT molecular complexity index is 1320. The molecule has 0 atom stereocenters. The predicted octanol–water partition coefficient (Wildman–Crippen LogP) is 11.5. The third-order valence-electron chi connectivity index (χ3n) is 8.17. The lowest BCUT2D eigenvalue weighted by atomic mass is 9.98. The van der Waals surface area contributed by atoms with E-state index in [1.807, 2.05) is 0 Å².